The van der Waals surface area contributed by atoms with Gasteiger partial charge in [-0.15, -0.1) is 0 Å². The Kier molecular flexibility index (Phi) is 4.77. The normalized spacial score (nSPS) is 20.4. The number of carbonyl (C=O) groups is 1. The zero-order valence-corrected chi connectivity index (χ0v) is 13.6. The zero-order valence-electron chi connectivity index (χ0n) is 13.6. The van der Waals surface area contributed by atoms with E-state index in [0.717, 1.165) is 24.8 Å². The van der Waals surface area contributed by atoms with Gasteiger partial charge in [-0.25, -0.2) is 0 Å². The average molecular weight is 308 g/mol. The largest absolute Gasteiger partial charge is 0.352 e. The van der Waals surface area contributed by atoms with Crippen molar-refractivity contribution in [1.82, 2.24) is 5.32 Å². The molecule has 0 heterocycles. The van der Waals surface area contributed by atoms with Crippen LogP contribution in [0.2, 0.25) is 0 Å². The van der Waals surface area contributed by atoms with Gasteiger partial charge in [0.25, 0.3) is 0 Å². The number of rotatable bonds is 4. The van der Waals surface area contributed by atoms with Crippen molar-refractivity contribution in [2.45, 2.75) is 38.8 Å². The maximum atomic E-state index is 12.1. The van der Waals surface area contributed by atoms with Crippen LogP contribution in [0, 0.1) is 12.8 Å². The molecule has 2 aromatic rings. The van der Waals surface area contributed by atoms with E-state index in [1.807, 2.05) is 0 Å². The number of amides is 1. The van der Waals surface area contributed by atoms with E-state index in [4.69, 9.17) is 5.73 Å². The molecule has 0 aliphatic heterocycles. The molecule has 3 rings (SSSR count). The molecule has 2 atom stereocenters. The van der Waals surface area contributed by atoms with Gasteiger partial charge in [-0.2, -0.15) is 0 Å². The standard InChI is InChI=1S/C20H24N2O/c1-14-3-2-4-17(11-14)16-7-5-15(6-8-16)13-22-20(23)18-9-10-19(21)12-18/h2-8,11,18-19H,9-10,12-13,21H2,1H3,(H,22,23). The number of nitrogens with two attached hydrogens (primary N) is 1. The highest BCUT2D eigenvalue weighted by Gasteiger charge is 2.27. The van der Waals surface area contributed by atoms with Crippen LogP contribution in [0.15, 0.2) is 48.5 Å². The molecule has 1 amide bonds. The maximum Gasteiger partial charge on any atom is 0.223 e. The second-order valence-electron chi connectivity index (χ2n) is 6.55. The van der Waals surface area contributed by atoms with E-state index < -0.39 is 0 Å². The summed E-state index contributed by atoms with van der Waals surface area (Å²) in [4.78, 5) is 12.1. The van der Waals surface area contributed by atoms with Crippen LogP contribution < -0.4 is 11.1 Å². The van der Waals surface area contributed by atoms with Crippen molar-refractivity contribution in [2.24, 2.45) is 11.7 Å². The van der Waals surface area contributed by atoms with Crippen LogP contribution in [-0.4, -0.2) is 11.9 Å². The molecule has 3 N–H and O–H groups in total. The Morgan fingerprint density at radius 1 is 1.13 bits per heavy atom. The highest BCUT2D eigenvalue weighted by atomic mass is 16.1. The minimum Gasteiger partial charge on any atom is -0.352 e. The van der Waals surface area contributed by atoms with Gasteiger partial charge in [-0.1, -0.05) is 54.1 Å². The molecule has 1 fully saturated rings. The van der Waals surface area contributed by atoms with Crippen molar-refractivity contribution in [3.63, 3.8) is 0 Å². The van der Waals surface area contributed by atoms with E-state index in [1.54, 1.807) is 0 Å². The maximum absolute atomic E-state index is 12.1. The highest BCUT2D eigenvalue weighted by molar-refractivity contribution is 5.79. The first-order valence-corrected chi connectivity index (χ1v) is 8.31. The molecule has 0 spiro atoms. The van der Waals surface area contributed by atoms with Crippen LogP contribution in [0.25, 0.3) is 11.1 Å². The Morgan fingerprint density at radius 2 is 1.91 bits per heavy atom. The molecule has 3 nitrogen and oxygen atoms in total. The third-order valence-corrected chi connectivity index (χ3v) is 4.62. The first kappa shape index (κ1) is 15.8. The van der Waals surface area contributed by atoms with Crippen LogP contribution in [0.5, 0.6) is 0 Å². The number of benzene rings is 2. The summed E-state index contributed by atoms with van der Waals surface area (Å²) in [6.07, 6.45) is 2.70. The molecule has 0 aromatic heterocycles. The fourth-order valence-electron chi connectivity index (χ4n) is 3.23. The summed E-state index contributed by atoms with van der Waals surface area (Å²) in [6, 6.07) is 17.1. The van der Waals surface area contributed by atoms with Gasteiger partial charge >= 0.3 is 0 Å². The lowest BCUT2D eigenvalue weighted by Crippen LogP contribution is -2.29. The smallest absolute Gasteiger partial charge is 0.223 e. The number of hydrogen-bond acceptors (Lipinski definition) is 2. The van der Waals surface area contributed by atoms with Crippen LogP contribution in [0.1, 0.15) is 30.4 Å². The van der Waals surface area contributed by atoms with Crippen LogP contribution in [0.3, 0.4) is 0 Å². The van der Waals surface area contributed by atoms with Crippen LogP contribution in [-0.2, 0) is 11.3 Å². The molecule has 0 bridgehead atoms. The number of hydrogen-bond donors (Lipinski definition) is 2. The Labute approximate surface area is 137 Å². The lowest BCUT2D eigenvalue weighted by molar-refractivity contribution is -0.125. The number of carbonyl (C=O) groups excluding carboxylic acids is 1. The summed E-state index contributed by atoms with van der Waals surface area (Å²) in [5.41, 5.74) is 10.7. The molecule has 2 aromatic carbocycles. The first-order chi connectivity index (χ1) is 11.1. The van der Waals surface area contributed by atoms with E-state index in [-0.39, 0.29) is 17.9 Å². The van der Waals surface area contributed by atoms with Crippen molar-refractivity contribution < 1.29 is 4.79 Å². The predicted octanol–water partition coefficient (Wildman–Crippen LogP) is 3.41. The second kappa shape index (κ2) is 6.97. The second-order valence-corrected chi connectivity index (χ2v) is 6.55. The van der Waals surface area contributed by atoms with Gasteiger partial charge in [0.2, 0.25) is 5.91 Å². The molecule has 120 valence electrons. The fourth-order valence-corrected chi connectivity index (χ4v) is 3.23. The van der Waals surface area contributed by atoms with Crippen molar-refractivity contribution in [2.75, 3.05) is 0 Å². The highest BCUT2D eigenvalue weighted by Crippen LogP contribution is 2.24. The molecule has 0 radical (unpaired) electrons. The van der Waals surface area contributed by atoms with Gasteiger partial charge in [-0.05, 0) is 42.9 Å². The van der Waals surface area contributed by atoms with Crippen molar-refractivity contribution in [1.29, 1.82) is 0 Å². The van der Waals surface area contributed by atoms with E-state index in [0.29, 0.717) is 6.54 Å². The van der Waals surface area contributed by atoms with E-state index >= 15 is 0 Å². The summed E-state index contributed by atoms with van der Waals surface area (Å²) in [5, 5.41) is 3.04. The minimum absolute atomic E-state index is 0.0940. The summed E-state index contributed by atoms with van der Waals surface area (Å²) >= 11 is 0. The van der Waals surface area contributed by atoms with Crippen LogP contribution >= 0.6 is 0 Å². The van der Waals surface area contributed by atoms with Crippen molar-refractivity contribution >= 4 is 5.91 Å². The first-order valence-electron chi connectivity index (χ1n) is 8.31. The monoisotopic (exact) mass is 308 g/mol. The molecule has 1 aliphatic rings. The van der Waals surface area contributed by atoms with Crippen molar-refractivity contribution in [3.8, 4) is 11.1 Å². The summed E-state index contributed by atoms with van der Waals surface area (Å²) in [6.45, 7) is 2.68. The Morgan fingerprint density at radius 3 is 2.57 bits per heavy atom. The lowest BCUT2D eigenvalue weighted by Gasteiger charge is -2.11. The molecule has 0 saturated heterocycles. The third-order valence-electron chi connectivity index (χ3n) is 4.62. The Balaban J connectivity index is 1.58. The molecule has 2 unspecified atom stereocenters. The number of aryl methyl sites for hydroxylation is 1. The molecule has 3 heteroatoms. The van der Waals surface area contributed by atoms with E-state index in [1.165, 1.54) is 16.7 Å². The molecule has 1 saturated carbocycles. The minimum atomic E-state index is 0.0940. The summed E-state index contributed by atoms with van der Waals surface area (Å²) in [7, 11) is 0. The molecular formula is C20H24N2O. The van der Waals surface area contributed by atoms with Gasteiger partial charge < -0.3 is 11.1 Å². The predicted molar refractivity (Wildman–Crippen MR) is 93.8 cm³/mol. The fraction of sp³-hybridized carbons (Fsp3) is 0.350. The molecular weight excluding hydrogens is 284 g/mol. The van der Waals surface area contributed by atoms with Crippen LogP contribution in [0.4, 0.5) is 0 Å². The summed E-state index contributed by atoms with van der Waals surface area (Å²) in [5.74, 6) is 0.234. The van der Waals surface area contributed by atoms with Gasteiger partial charge in [0.05, 0.1) is 0 Å². The molecule has 23 heavy (non-hydrogen) atoms. The third kappa shape index (κ3) is 3.99. The SMILES string of the molecule is Cc1cccc(-c2ccc(CNC(=O)C3CCC(N)C3)cc2)c1. The topological polar surface area (TPSA) is 55.1 Å². The van der Waals surface area contributed by atoms with Gasteiger partial charge in [0.15, 0.2) is 0 Å². The Hall–Kier alpha value is -2.13. The van der Waals surface area contributed by atoms with E-state index in [9.17, 15) is 4.79 Å². The van der Waals surface area contributed by atoms with Gasteiger partial charge in [0.1, 0.15) is 0 Å². The quantitative estimate of drug-likeness (QED) is 0.909. The lowest BCUT2D eigenvalue weighted by atomic mass is 10.0. The zero-order chi connectivity index (χ0) is 16.2. The van der Waals surface area contributed by atoms with E-state index in [2.05, 4.69) is 60.8 Å². The van der Waals surface area contributed by atoms with Crippen molar-refractivity contribution in [3.05, 3.63) is 59.7 Å². The summed E-state index contributed by atoms with van der Waals surface area (Å²) < 4.78 is 0. The Bertz CT molecular complexity index is 678. The van der Waals surface area contributed by atoms with Gasteiger partial charge in [-0.3, -0.25) is 4.79 Å². The molecule has 1 aliphatic carbocycles. The number of nitrogens with one attached hydrogen (secondary N) is 1. The van der Waals surface area contributed by atoms with Gasteiger partial charge in [0, 0.05) is 18.5 Å². The average Bonchev–Trinajstić information content (AvgIpc) is 3.00.